The first kappa shape index (κ1) is 27.6. The number of alkyl halides is 3. The first-order valence-electron chi connectivity index (χ1n) is 12.7. The SMILES string of the molecule is Cc1cc(C)nc(S[C@@H]2C[C@@H](C(=O)N(C)Cc3cc4ccccc4s3)N(Cc3ccc(C(F)(F)F)cc3)C2)n1. The van der Waals surface area contributed by atoms with Gasteiger partial charge in [0.05, 0.1) is 18.2 Å². The molecule has 2 atom stereocenters. The number of aromatic nitrogens is 2. The van der Waals surface area contributed by atoms with Crippen LogP contribution >= 0.6 is 23.1 Å². The van der Waals surface area contributed by atoms with E-state index in [0.717, 1.165) is 39.3 Å². The van der Waals surface area contributed by atoms with E-state index in [1.807, 2.05) is 39.1 Å². The number of likely N-dealkylation sites (N-methyl/N-ethyl adjacent to an activating group) is 1. The molecule has 0 saturated carbocycles. The van der Waals surface area contributed by atoms with E-state index >= 15 is 0 Å². The van der Waals surface area contributed by atoms with Crippen LogP contribution in [-0.4, -0.2) is 50.6 Å². The predicted octanol–water partition coefficient (Wildman–Crippen LogP) is 6.72. The fourth-order valence-corrected chi connectivity index (χ4v) is 7.34. The Bertz CT molecular complexity index is 1420. The molecule has 5 nitrogen and oxygen atoms in total. The highest BCUT2D eigenvalue weighted by Crippen LogP contribution is 2.35. The Morgan fingerprint density at radius 1 is 1.08 bits per heavy atom. The van der Waals surface area contributed by atoms with Gasteiger partial charge in [-0.05, 0) is 61.5 Å². The summed E-state index contributed by atoms with van der Waals surface area (Å²) in [5, 5.41) is 1.92. The normalized spacial score (nSPS) is 18.1. The summed E-state index contributed by atoms with van der Waals surface area (Å²) in [6.45, 7) is 5.35. The van der Waals surface area contributed by atoms with Crippen molar-refractivity contribution in [3.63, 3.8) is 0 Å². The third kappa shape index (κ3) is 6.62. The van der Waals surface area contributed by atoms with Gasteiger partial charge in [0, 0.05) is 46.4 Å². The minimum absolute atomic E-state index is 0.00353. The molecule has 0 spiro atoms. The van der Waals surface area contributed by atoms with Crippen LogP contribution in [0.3, 0.4) is 0 Å². The summed E-state index contributed by atoms with van der Waals surface area (Å²) >= 11 is 3.24. The van der Waals surface area contributed by atoms with Gasteiger partial charge in [-0.25, -0.2) is 9.97 Å². The Morgan fingerprint density at radius 3 is 2.44 bits per heavy atom. The molecule has 1 fully saturated rings. The molecular weight excluding hydrogens is 541 g/mol. The van der Waals surface area contributed by atoms with Gasteiger partial charge in [-0.2, -0.15) is 13.2 Å². The maximum atomic E-state index is 13.8. The van der Waals surface area contributed by atoms with E-state index < -0.39 is 17.8 Å². The quantitative estimate of drug-likeness (QED) is 0.231. The zero-order valence-electron chi connectivity index (χ0n) is 21.9. The minimum Gasteiger partial charge on any atom is -0.339 e. The van der Waals surface area contributed by atoms with Crippen molar-refractivity contribution in [3.05, 3.63) is 88.1 Å². The molecule has 39 heavy (non-hydrogen) atoms. The lowest BCUT2D eigenvalue weighted by molar-refractivity contribution is -0.137. The number of thiophene rings is 1. The van der Waals surface area contributed by atoms with Gasteiger partial charge >= 0.3 is 6.18 Å². The van der Waals surface area contributed by atoms with Crippen LogP contribution in [0.15, 0.2) is 65.8 Å². The summed E-state index contributed by atoms with van der Waals surface area (Å²) in [4.78, 5) is 27.8. The summed E-state index contributed by atoms with van der Waals surface area (Å²) in [5.74, 6) is 0.00353. The molecule has 0 aliphatic carbocycles. The molecule has 204 valence electrons. The van der Waals surface area contributed by atoms with Gasteiger partial charge in [0.1, 0.15) is 0 Å². The number of rotatable bonds is 7. The van der Waals surface area contributed by atoms with Crippen LogP contribution in [0.1, 0.15) is 33.8 Å². The summed E-state index contributed by atoms with van der Waals surface area (Å²) in [6, 6.07) is 17.0. The van der Waals surface area contributed by atoms with Gasteiger partial charge in [-0.15, -0.1) is 11.3 Å². The summed E-state index contributed by atoms with van der Waals surface area (Å²) in [5.41, 5.74) is 1.84. The van der Waals surface area contributed by atoms with Crippen molar-refractivity contribution >= 4 is 39.1 Å². The minimum atomic E-state index is -4.38. The standard InChI is InChI=1S/C29H29F3N4OS2/c1-18-12-19(2)34-28(33-18)39-24-14-25(36(17-24)15-20-8-10-22(11-9-20)29(30,31)32)27(37)35(3)16-23-13-21-6-4-5-7-26(21)38-23/h4-13,24-25H,14-17H2,1-3H3/t24-,25+/m1/s1. The van der Waals surface area contributed by atoms with Crippen LogP contribution in [0.2, 0.25) is 0 Å². The smallest absolute Gasteiger partial charge is 0.339 e. The molecule has 2 aromatic heterocycles. The van der Waals surface area contributed by atoms with Crippen LogP contribution in [0.25, 0.3) is 10.1 Å². The number of carbonyl (C=O) groups is 1. The first-order chi connectivity index (χ1) is 18.5. The zero-order chi connectivity index (χ0) is 27.7. The van der Waals surface area contributed by atoms with Crippen LogP contribution in [0, 0.1) is 13.8 Å². The number of halogens is 3. The molecule has 0 unspecified atom stereocenters. The van der Waals surface area contributed by atoms with E-state index in [2.05, 4.69) is 33.1 Å². The number of aryl methyl sites for hydroxylation is 2. The molecular formula is C29H29F3N4OS2. The summed E-state index contributed by atoms with van der Waals surface area (Å²) < 4.78 is 40.4. The number of nitrogens with zero attached hydrogens (tertiary/aromatic N) is 4. The van der Waals surface area contributed by atoms with Gasteiger partial charge < -0.3 is 4.90 Å². The second kappa shape index (κ2) is 11.3. The van der Waals surface area contributed by atoms with Gasteiger partial charge in [-0.3, -0.25) is 9.69 Å². The summed E-state index contributed by atoms with van der Waals surface area (Å²) in [7, 11) is 1.82. The van der Waals surface area contributed by atoms with Crippen molar-refractivity contribution in [1.82, 2.24) is 19.8 Å². The number of hydrogen-bond acceptors (Lipinski definition) is 6. The molecule has 1 amide bonds. The molecule has 0 N–H and O–H groups in total. The Morgan fingerprint density at radius 2 is 1.77 bits per heavy atom. The number of fused-ring (bicyclic) bond motifs is 1. The molecule has 10 heteroatoms. The Kier molecular flexibility index (Phi) is 7.98. The van der Waals surface area contributed by atoms with Gasteiger partial charge in [-0.1, -0.05) is 42.1 Å². The highest BCUT2D eigenvalue weighted by Gasteiger charge is 2.39. The molecule has 0 bridgehead atoms. The second-order valence-corrected chi connectivity index (χ2v) is 12.4. The topological polar surface area (TPSA) is 49.3 Å². The highest BCUT2D eigenvalue weighted by molar-refractivity contribution is 7.99. The van der Waals surface area contributed by atoms with Crippen LogP contribution < -0.4 is 0 Å². The Hall–Kier alpha value is -2.95. The maximum Gasteiger partial charge on any atom is 0.416 e. The Labute approximate surface area is 234 Å². The highest BCUT2D eigenvalue weighted by atomic mass is 32.2. The third-order valence-corrected chi connectivity index (χ3v) is 8.97. The summed E-state index contributed by atoms with van der Waals surface area (Å²) in [6.07, 6.45) is -3.77. The van der Waals surface area contributed by atoms with Crippen molar-refractivity contribution in [2.45, 2.75) is 56.0 Å². The number of likely N-dealkylation sites (tertiary alicyclic amines) is 1. The van der Waals surface area contributed by atoms with E-state index in [0.29, 0.717) is 31.2 Å². The van der Waals surface area contributed by atoms with Crippen LogP contribution in [-0.2, 0) is 24.1 Å². The molecule has 3 heterocycles. The van der Waals surface area contributed by atoms with Crippen molar-refractivity contribution in [1.29, 1.82) is 0 Å². The lowest BCUT2D eigenvalue weighted by Crippen LogP contribution is -2.43. The average Bonchev–Trinajstić information content (AvgIpc) is 3.45. The van der Waals surface area contributed by atoms with Gasteiger partial charge in [0.15, 0.2) is 5.16 Å². The van der Waals surface area contributed by atoms with Crippen LogP contribution in [0.5, 0.6) is 0 Å². The number of thioether (sulfide) groups is 1. The zero-order valence-corrected chi connectivity index (χ0v) is 23.5. The lowest BCUT2D eigenvalue weighted by atomic mass is 10.1. The van der Waals surface area contributed by atoms with E-state index in [1.165, 1.54) is 16.8 Å². The molecule has 1 aliphatic heterocycles. The van der Waals surface area contributed by atoms with E-state index in [9.17, 15) is 18.0 Å². The van der Waals surface area contributed by atoms with E-state index in [1.54, 1.807) is 28.0 Å². The molecule has 5 rings (SSSR count). The monoisotopic (exact) mass is 570 g/mol. The van der Waals surface area contributed by atoms with Crippen molar-refractivity contribution in [2.75, 3.05) is 13.6 Å². The Balaban J connectivity index is 1.34. The van der Waals surface area contributed by atoms with E-state index in [-0.39, 0.29) is 11.2 Å². The van der Waals surface area contributed by atoms with Crippen molar-refractivity contribution in [3.8, 4) is 0 Å². The third-order valence-electron chi connectivity index (χ3n) is 6.80. The number of hydrogen-bond donors (Lipinski definition) is 0. The number of benzene rings is 2. The lowest BCUT2D eigenvalue weighted by Gasteiger charge is -2.27. The van der Waals surface area contributed by atoms with Gasteiger partial charge in [0.25, 0.3) is 0 Å². The maximum absolute atomic E-state index is 13.8. The molecule has 4 aromatic rings. The fourth-order valence-electron chi connectivity index (χ4n) is 4.99. The molecule has 1 saturated heterocycles. The number of carbonyl (C=O) groups excluding carboxylic acids is 1. The second-order valence-electron chi connectivity index (χ2n) is 9.99. The molecule has 1 aliphatic rings. The largest absolute Gasteiger partial charge is 0.416 e. The van der Waals surface area contributed by atoms with Crippen molar-refractivity contribution < 1.29 is 18.0 Å². The predicted molar refractivity (Wildman–Crippen MR) is 150 cm³/mol. The molecule has 2 aromatic carbocycles. The molecule has 0 radical (unpaired) electrons. The fraction of sp³-hybridized carbons (Fsp3) is 0.345. The first-order valence-corrected chi connectivity index (χ1v) is 14.4. The number of amides is 1. The van der Waals surface area contributed by atoms with E-state index in [4.69, 9.17) is 0 Å². The van der Waals surface area contributed by atoms with Crippen LogP contribution in [0.4, 0.5) is 13.2 Å². The van der Waals surface area contributed by atoms with Crippen molar-refractivity contribution in [2.24, 2.45) is 0 Å². The average molecular weight is 571 g/mol. The van der Waals surface area contributed by atoms with Gasteiger partial charge in [0.2, 0.25) is 5.91 Å².